The molecule has 0 N–H and O–H groups in total. The number of rotatable bonds is 6. The zero-order chi connectivity index (χ0) is 12.2. The van der Waals surface area contributed by atoms with E-state index in [0.29, 0.717) is 0 Å². The number of hydrogen-bond donors (Lipinski definition) is 0. The number of hydrogen-bond acceptors (Lipinski definition) is 0. The van der Waals surface area contributed by atoms with E-state index in [2.05, 4.69) is 13.8 Å². The van der Waals surface area contributed by atoms with Gasteiger partial charge in [-0.1, -0.05) is 0 Å². The molecule has 4 unspecified atom stereocenters. The molecule has 4 atom stereocenters. The average Bonchev–Trinajstić information content (AvgIpc) is 3.36. The van der Waals surface area contributed by atoms with E-state index in [1.807, 2.05) is 0 Å². The second-order valence-corrected chi connectivity index (χ2v) is 35.7. The molecule has 0 aromatic heterocycles. The first-order chi connectivity index (χ1) is 9.06. The van der Waals surface area contributed by atoms with E-state index in [9.17, 15) is 0 Å². The molecule has 10 aliphatic rings. The summed E-state index contributed by atoms with van der Waals surface area (Å²) in [6.45, 7) is 2.05. The van der Waals surface area contributed by atoms with Crippen molar-refractivity contribution in [3.63, 3.8) is 0 Å². The Morgan fingerprint density at radius 2 is 1.11 bits per heavy atom. The van der Waals surface area contributed by atoms with Crippen LogP contribution in [0.15, 0.2) is 0 Å². The Morgan fingerprint density at radius 3 is 1.37 bits per heavy atom. The Labute approximate surface area is 106 Å². The average molecular weight is 298 g/mol. The minimum atomic E-state index is -2.85. The molecule has 10 saturated heterocycles. The maximum absolute atomic E-state index is 2.85. The minimum absolute atomic E-state index is 1.19. The van der Waals surface area contributed by atoms with Crippen LogP contribution in [0.1, 0.15) is 52.4 Å². The monoisotopic (exact) mass is 298 g/mol. The summed E-state index contributed by atoms with van der Waals surface area (Å²) in [5.74, 6) is 0. The van der Waals surface area contributed by atoms with Crippen LogP contribution in [0.3, 0.4) is 0 Å². The fourth-order valence-corrected chi connectivity index (χ4v) is 98.2. The van der Waals surface area contributed by atoms with Crippen molar-refractivity contribution in [2.75, 3.05) is 0 Å². The zero-order valence-corrected chi connectivity index (χ0v) is 13.3. The van der Waals surface area contributed by atoms with Gasteiger partial charge in [0.15, 0.2) is 0 Å². The van der Waals surface area contributed by atoms with Crippen LogP contribution < -0.4 is 0 Å². The molecule has 1 heteroatoms. The first-order valence-corrected chi connectivity index (χ1v) is 15.5. The summed E-state index contributed by atoms with van der Waals surface area (Å²) in [6.07, 6.45) is 9.73. The summed E-state index contributed by atoms with van der Waals surface area (Å²) < 4.78 is 2.38. The number of unbranched alkanes of at least 4 members (excludes halogenated alkanes) is 2. The Kier molecular flexibility index (Phi) is 0.321. The van der Waals surface area contributed by atoms with E-state index < -0.39 is 6.51 Å². The summed E-state index contributed by atoms with van der Waals surface area (Å²) in [5.41, 5.74) is 0. The van der Waals surface area contributed by atoms with Gasteiger partial charge in [0.1, 0.15) is 0 Å². The first-order valence-electron chi connectivity index (χ1n) is 9.27. The Balaban J connectivity index is 1.43. The molecule has 0 aliphatic carbocycles. The molecule has 10 aliphatic heterocycles. The summed E-state index contributed by atoms with van der Waals surface area (Å²) in [5, 5.41) is 0. The summed E-state index contributed by atoms with van der Waals surface area (Å²) >= 11 is 0. The molecule has 0 aromatic carbocycles. The van der Waals surface area contributed by atoms with Crippen molar-refractivity contribution in [1.29, 1.82) is 0 Å². The van der Waals surface area contributed by atoms with Crippen LogP contribution in [0.2, 0.25) is 47.2 Å². The van der Waals surface area contributed by atoms with Crippen LogP contribution in [-0.2, 0) is 6.51 Å². The van der Waals surface area contributed by atoms with Crippen molar-refractivity contribution in [2.24, 2.45) is 0 Å². The molecule has 0 bridgehead atoms. The Morgan fingerprint density at radius 1 is 0.684 bits per heavy atom. The van der Waals surface area contributed by atoms with Crippen LogP contribution in [0.4, 0.5) is 0 Å². The molecule has 0 radical (unpaired) electrons. The van der Waals surface area contributed by atoms with Crippen molar-refractivity contribution < 1.29 is 6.51 Å². The predicted octanol–water partition coefficient (Wildman–Crippen LogP) is 6.50. The van der Waals surface area contributed by atoms with Crippen molar-refractivity contribution in [1.82, 2.24) is 0 Å². The van der Waals surface area contributed by atoms with E-state index in [1.165, 1.54) is 60.0 Å². The van der Waals surface area contributed by atoms with Crippen molar-refractivity contribution >= 4 is 0 Å². The molecule has 106 valence electrons. The van der Waals surface area contributed by atoms with Crippen molar-refractivity contribution in [3.05, 3.63) is 0 Å². The van der Waals surface area contributed by atoms with Gasteiger partial charge in [-0.3, -0.25) is 0 Å². The van der Waals surface area contributed by atoms with Gasteiger partial charge in [0.2, 0.25) is 0 Å². The van der Waals surface area contributed by atoms with Gasteiger partial charge in [-0.15, -0.1) is 0 Å². The fourth-order valence-electron chi connectivity index (χ4n) is 19.8. The maximum atomic E-state index is 2.45. The van der Waals surface area contributed by atoms with Crippen LogP contribution >= 0.6 is 0 Å². The van der Waals surface area contributed by atoms with Gasteiger partial charge in [-0.2, -0.15) is 0 Å². The van der Waals surface area contributed by atoms with Gasteiger partial charge in [0.25, 0.3) is 0 Å². The van der Waals surface area contributed by atoms with Gasteiger partial charge in [-0.25, -0.2) is 0 Å². The Bertz CT molecular complexity index is 903. The molecule has 10 fully saturated rings. The molecule has 0 saturated carbocycles. The zero-order valence-electron chi connectivity index (χ0n) is 12.2. The predicted molar refractivity (Wildman–Crippen MR) is 74.4 cm³/mol. The summed E-state index contributed by atoms with van der Waals surface area (Å²) in [6, 6.07) is 0. The molecule has 19 heavy (non-hydrogen) atoms. The fraction of sp³-hybridized carbons (Fsp3) is 1.00. The van der Waals surface area contributed by atoms with E-state index in [-0.39, 0.29) is 0 Å². The third-order valence-electron chi connectivity index (χ3n) is 17.3. The SMILES string of the molecule is CCCC[C]12[CH]3[CH]4[CH]5[C]1(CCCC)[Fe]43521678[CH]2[CH]1[CH]6[CH]7[CH]28. The third-order valence-corrected chi connectivity index (χ3v) is 61.4. The first kappa shape index (κ1) is 8.23. The van der Waals surface area contributed by atoms with E-state index in [4.69, 9.17) is 0 Å². The normalized spacial score (nSPS) is 112. The topological polar surface area (TPSA) is 0 Å². The Hall–Kier alpha value is 0.519. The molecule has 10 rings (SSSR count). The van der Waals surface area contributed by atoms with Gasteiger partial charge >= 0.3 is 106 Å². The summed E-state index contributed by atoms with van der Waals surface area (Å²) in [7, 11) is 0. The van der Waals surface area contributed by atoms with Crippen LogP contribution in [0.25, 0.3) is 0 Å². The van der Waals surface area contributed by atoms with Crippen LogP contribution in [0.5, 0.6) is 0 Å². The number of fused-ring (bicyclic) bond motifs is 10. The molecular weight excluding hydrogens is 272 g/mol. The van der Waals surface area contributed by atoms with Crippen molar-refractivity contribution in [2.45, 2.75) is 99.5 Å². The molecule has 0 amide bonds. The van der Waals surface area contributed by atoms with E-state index in [0.717, 1.165) is 0 Å². The molecule has 10 heterocycles. The van der Waals surface area contributed by atoms with Gasteiger partial charge in [-0.05, 0) is 0 Å². The second kappa shape index (κ2) is 0.742. The van der Waals surface area contributed by atoms with Crippen LogP contribution in [-0.4, -0.2) is 0 Å². The quantitative estimate of drug-likeness (QED) is 0.491. The molecule has 0 nitrogen and oxygen atoms in total. The second-order valence-electron chi connectivity index (χ2n) is 12.3. The van der Waals surface area contributed by atoms with Crippen molar-refractivity contribution in [3.8, 4) is 0 Å². The van der Waals surface area contributed by atoms with E-state index in [1.54, 1.807) is 25.7 Å². The molecule has 0 aromatic rings. The molecule has 1 spiro atoms. The molecular formula is C18H26Fe. The van der Waals surface area contributed by atoms with Gasteiger partial charge in [0, 0.05) is 0 Å². The van der Waals surface area contributed by atoms with E-state index >= 15 is 0 Å². The van der Waals surface area contributed by atoms with Gasteiger partial charge < -0.3 is 0 Å². The standard InChI is InChI=1S/C13H21.C5H5.Fe/c1-3-5-8-12-10-7-11-13(12)9-6-4-2;1-2-4-5-3-1;/h7,10-11H,3-6,8-9H2,1-2H3;1-5H;. The third kappa shape index (κ3) is 0.0896. The summed E-state index contributed by atoms with van der Waals surface area (Å²) in [4.78, 5) is 12.3. The van der Waals surface area contributed by atoms with Crippen LogP contribution in [0, 0.1) is 0 Å². The van der Waals surface area contributed by atoms with Gasteiger partial charge in [0.05, 0.1) is 0 Å².